The van der Waals surface area contributed by atoms with Gasteiger partial charge in [0.2, 0.25) is 15.0 Å². The van der Waals surface area contributed by atoms with Crippen molar-refractivity contribution in [3.05, 3.63) is 108 Å². The van der Waals surface area contributed by atoms with Crippen molar-refractivity contribution in [1.82, 2.24) is 19.8 Å². The normalized spacial score (nSPS) is 11.4. The fraction of sp³-hybridized carbons (Fsp3) is 0.231. The first-order chi connectivity index (χ1) is 17.4. The number of hydrogen-bond donors (Lipinski definition) is 1. The summed E-state index contributed by atoms with van der Waals surface area (Å²) in [6.07, 6.45) is 2.98. The Bertz CT molecular complexity index is 1400. The van der Waals surface area contributed by atoms with Crippen LogP contribution in [0.1, 0.15) is 29.5 Å². The molecular formula is C26H27FN4O4S. The molecule has 2 aromatic carbocycles. The molecule has 4 rings (SSSR count). The Kier molecular flexibility index (Phi) is 7.84. The highest BCUT2D eigenvalue weighted by Crippen LogP contribution is 2.22. The first-order valence-electron chi connectivity index (χ1n) is 11.5. The molecule has 0 saturated heterocycles. The van der Waals surface area contributed by atoms with Crippen LogP contribution in [-0.4, -0.2) is 35.4 Å². The van der Waals surface area contributed by atoms with Crippen LogP contribution in [0, 0.1) is 5.82 Å². The summed E-state index contributed by atoms with van der Waals surface area (Å²) in [6.45, 7) is 2.73. The van der Waals surface area contributed by atoms with Gasteiger partial charge in [-0.1, -0.05) is 48.5 Å². The quantitative estimate of drug-likeness (QED) is 0.342. The van der Waals surface area contributed by atoms with Crippen molar-refractivity contribution >= 4 is 15.9 Å². The number of carbonyl (C=O) groups is 1. The Labute approximate surface area is 209 Å². The number of halogens is 1. The van der Waals surface area contributed by atoms with E-state index in [1.54, 1.807) is 22.8 Å². The first kappa shape index (κ1) is 25.2. The second kappa shape index (κ2) is 11.2. The predicted molar refractivity (Wildman–Crippen MR) is 132 cm³/mol. The zero-order valence-corrected chi connectivity index (χ0v) is 20.6. The maximum atomic E-state index is 14.3. The summed E-state index contributed by atoms with van der Waals surface area (Å²) in [4.78, 5) is 18.6. The van der Waals surface area contributed by atoms with E-state index in [0.29, 0.717) is 18.0 Å². The van der Waals surface area contributed by atoms with Crippen molar-refractivity contribution in [2.75, 3.05) is 6.54 Å². The van der Waals surface area contributed by atoms with Gasteiger partial charge >= 0.3 is 6.03 Å². The molecule has 0 fully saturated rings. The summed E-state index contributed by atoms with van der Waals surface area (Å²) in [6, 6.07) is 18.3. The van der Waals surface area contributed by atoms with E-state index in [1.807, 2.05) is 37.3 Å². The van der Waals surface area contributed by atoms with Crippen LogP contribution in [-0.2, 0) is 35.2 Å². The summed E-state index contributed by atoms with van der Waals surface area (Å²) in [5.74, 6) is -0.539. The maximum Gasteiger partial charge on any atom is 0.318 e. The summed E-state index contributed by atoms with van der Waals surface area (Å²) >= 11 is 0. The second-order valence-electron chi connectivity index (χ2n) is 8.23. The third-order valence-electron chi connectivity index (χ3n) is 5.56. The Morgan fingerprint density at radius 2 is 1.81 bits per heavy atom. The number of amides is 2. The lowest BCUT2D eigenvalue weighted by molar-refractivity contribution is 0.186. The molecule has 2 amide bonds. The van der Waals surface area contributed by atoms with Crippen molar-refractivity contribution in [3.63, 3.8) is 0 Å². The average Bonchev–Trinajstić information content (AvgIpc) is 3.51. The number of nitrogens with zero attached hydrogens (tertiary/aromatic N) is 3. The minimum Gasteiger partial charge on any atom is -0.467 e. The van der Waals surface area contributed by atoms with E-state index in [-0.39, 0.29) is 36.4 Å². The van der Waals surface area contributed by atoms with Crippen LogP contribution in [0.4, 0.5) is 9.18 Å². The molecule has 1 N–H and O–H groups in total. The van der Waals surface area contributed by atoms with Gasteiger partial charge in [0.25, 0.3) is 0 Å². The van der Waals surface area contributed by atoms with E-state index in [9.17, 15) is 17.6 Å². The molecule has 2 aromatic heterocycles. The molecule has 0 atom stereocenters. The fourth-order valence-electron chi connectivity index (χ4n) is 3.83. The van der Waals surface area contributed by atoms with Crippen molar-refractivity contribution in [3.8, 4) is 0 Å². The molecule has 0 spiro atoms. The minimum absolute atomic E-state index is 0.0649. The number of sulfone groups is 1. The Morgan fingerprint density at radius 3 is 2.50 bits per heavy atom. The molecule has 0 aliphatic heterocycles. The Hall–Kier alpha value is -3.92. The van der Waals surface area contributed by atoms with E-state index in [2.05, 4.69) is 10.3 Å². The van der Waals surface area contributed by atoms with Crippen LogP contribution in [0.2, 0.25) is 0 Å². The summed E-state index contributed by atoms with van der Waals surface area (Å²) < 4.78 is 48.0. The molecule has 0 radical (unpaired) electrons. The number of aromatic nitrogens is 2. The van der Waals surface area contributed by atoms with Crippen molar-refractivity contribution in [2.24, 2.45) is 0 Å². The molecule has 0 aliphatic rings. The molecule has 0 aliphatic carbocycles. The Balaban J connectivity index is 1.71. The zero-order valence-electron chi connectivity index (χ0n) is 19.8. The summed E-state index contributed by atoms with van der Waals surface area (Å²) in [5, 5.41) is 2.60. The molecule has 0 unspecified atom stereocenters. The number of benzene rings is 2. The largest absolute Gasteiger partial charge is 0.467 e. The lowest BCUT2D eigenvalue weighted by atomic mass is 10.2. The smallest absolute Gasteiger partial charge is 0.318 e. The van der Waals surface area contributed by atoms with Crippen LogP contribution in [0.3, 0.4) is 0 Å². The van der Waals surface area contributed by atoms with E-state index in [4.69, 9.17) is 4.42 Å². The molecule has 10 heteroatoms. The highest BCUT2D eigenvalue weighted by molar-refractivity contribution is 7.90. The number of rotatable bonds is 10. The van der Waals surface area contributed by atoms with Gasteiger partial charge in [0.1, 0.15) is 11.6 Å². The van der Waals surface area contributed by atoms with Gasteiger partial charge in [0.15, 0.2) is 0 Å². The molecule has 4 aromatic rings. The number of hydrogen-bond acceptors (Lipinski definition) is 5. The highest BCUT2D eigenvalue weighted by Gasteiger charge is 2.27. The lowest BCUT2D eigenvalue weighted by Gasteiger charge is -2.23. The standard InChI is InChI=1S/C26H27FN4O4S/c1-2-28-25(32)30(18-23-12-8-14-35-23)17-22-15-29-26(31(22)16-20-9-4-3-5-10-20)36(33,34)19-21-11-6-7-13-24(21)27/h3-15H,2,16-19H2,1H3,(H,28,32). The van der Waals surface area contributed by atoms with E-state index in [0.717, 1.165) is 5.56 Å². The van der Waals surface area contributed by atoms with Crippen LogP contribution in [0.5, 0.6) is 0 Å². The fourth-order valence-corrected chi connectivity index (χ4v) is 5.34. The molecule has 2 heterocycles. The molecule has 0 bridgehead atoms. The average molecular weight is 511 g/mol. The monoisotopic (exact) mass is 510 g/mol. The molecular weight excluding hydrogens is 483 g/mol. The van der Waals surface area contributed by atoms with Crippen molar-refractivity contribution < 1.29 is 22.0 Å². The van der Waals surface area contributed by atoms with Crippen LogP contribution < -0.4 is 5.32 Å². The lowest BCUT2D eigenvalue weighted by Crippen LogP contribution is -2.39. The van der Waals surface area contributed by atoms with Gasteiger partial charge < -0.3 is 19.2 Å². The van der Waals surface area contributed by atoms with Gasteiger partial charge in [0, 0.05) is 12.1 Å². The number of carbonyl (C=O) groups excluding carboxylic acids is 1. The van der Waals surface area contributed by atoms with Gasteiger partial charge in [-0.05, 0) is 30.7 Å². The molecule has 8 nitrogen and oxygen atoms in total. The topological polar surface area (TPSA) is 97.4 Å². The number of nitrogens with one attached hydrogen (secondary N) is 1. The van der Waals surface area contributed by atoms with Crippen LogP contribution in [0.25, 0.3) is 0 Å². The third kappa shape index (κ3) is 6.01. The molecule has 188 valence electrons. The van der Waals surface area contributed by atoms with Gasteiger partial charge in [-0.15, -0.1) is 0 Å². The number of imidazole rings is 1. The molecule has 0 saturated carbocycles. The van der Waals surface area contributed by atoms with E-state index < -0.39 is 21.4 Å². The number of urea groups is 1. The van der Waals surface area contributed by atoms with Gasteiger partial charge in [-0.3, -0.25) is 0 Å². The van der Waals surface area contributed by atoms with Gasteiger partial charge in [-0.25, -0.2) is 22.6 Å². The van der Waals surface area contributed by atoms with Crippen LogP contribution in [0.15, 0.2) is 88.8 Å². The Morgan fingerprint density at radius 1 is 1.06 bits per heavy atom. The van der Waals surface area contributed by atoms with Crippen molar-refractivity contribution in [1.29, 1.82) is 0 Å². The van der Waals surface area contributed by atoms with Crippen molar-refractivity contribution in [2.45, 2.75) is 37.5 Å². The summed E-state index contributed by atoms with van der Waals surface area (Å²) in [7, 11) is -4.01. The highest BCUT2D eigenvalue weighted by atomic mass is 32.2. The maximum absolute atomic E-state index is 14.3. The number of furan rings is 1. The van der Waals surface area contributed by atoms with E-state index >= 15 is 0 Å². The van der Waals surface area contributed by atoms with E-state index in [1.165, 1.54) is 35.6 Å². The predicted octanol–water partition coefficient (Wildman–Crippen LogP) is 4.37. The minimum atomic E-state index is -4.01. The third-order valence-corrected chi connectivity index (χ3v) is 7.13. The van der Waals surface area contributed by atoms with Crippen LogP contribution >= 0.6 is 0 Å². The SMILES string of the molecule is CCNC(=O)N(Cc1ccco1)Cc1cnc(S(=O)(=O)Cc2ccccc2F)n1Cc1ccccc1. The van der Waals surface area contributed by atoms with Gasteiger partial charge in [-0.2, -0.15) is 0 Å². The first-order valence-corrected chi connectivity index (χ1v) is 13.1. The zero-order chi connectivity index (χ0) is 25.5. The molecule has 36 heavy (non-hydrogen) atoms. The summed E-state index contributed by atoms with van der Waals surface area (Å²) in [5.41, 5.74) is 1.44. The second-order valence-corrected chi connectivity index (χ2v) is 10.1. The van der Waals surface area contributed by atoms with Gasteiger partial charge in [0.05, 0.1) is 43.5 Å².